The van der Waals surface area contributed by atoms with Crippen molar-refractivity contribution in [2.24, 2.45) is 5.92 Å². The highest BCUT2D eigenvalue weighted by atomic mass is 35.5. The fourth-order valence-electron chi connectivity index (χ4n) is 3.63. The highest BCUT2D eigenvalue weighted by molar-refractivity contribution is 6.42. The highest BCUT2D eigenvalue weighted by Crippen LogP contribution is 2.25. The first-order valence-electron chi connectivity index (χ1n) is 10.3. The largest absolute Gasteiger partial charge is 0.497 e. The Bertz CT molecular complexity index is 915. The molecule has 0 bridgehead atoms. The molecule has 2 aromatic rings. The Morgan fingerprint density at radius 3 is 2.58 bits per heavy atom. The quantitative estimate of drug-likeness (QED) is 0.620. The van der Waals surface area contributed by atoms with Gasteiger partial charge in [0.1, 0.15) is 5.75 Å². The van der Waals surface area contributed by atoms with Crippen LogP contribution in [0.3, 0.4) is 0 Å². The molecule has 6 nitrogen and oxygen atoms in total. The van der Waals surface area contributed by atoms with Crippen LogP contribution < -0.4 is 15.4 Å². The lowest BCUT2D eigenvalue weighted by atomic mass is 9.96. The summed E-state index contributed by atoms with van der Waals surface area (Å²) in [6.07, 6.45) is 2.24. The van der Waals surface area contributed by atoms with Gasteiger partial charge in [-0.25, -0.2) is 0 Å². The van der Waals surface area contributed by atoms with Gasteiger partial charge >= 0.3 is 0 Å². The van der Waals surface area contributed by atoms with Crippen molar-refractivity contribution in [2.45, 2.75) is 19.3 Å². The number of nitrogens with one attached hydrogen (secondary N) is 2. The maximum Gasteiger partial charge on any atom is 0.238 e. The number of likely N-dealkylation sites (tertiary alicyclic amines) is 1. The van der Waals surface area contributed by atoms with Gasteiger partial charge in [-0.05, 0) is 68.2 Å². The standard InChI is InChI=1S/C23H27Cl2N3O3/c1-31-19-4-2-3-16(13-19)7-10-26-23(30)17-8-11-28(12-9-17)15-22(29)27-18-5-6-20(24)21(25)14-18/h2-6,13-14,17H,7-12,15H2,1H3,(H,26,30)(H,27,29). The number of benzene rings is 2. The van der Waals surface area contributed by atoms with E-state index in [-0.39, 0.29) is 24.3 Å². The van der Waals surface area contributed by atoms with E-state index in [2.05, 4.69) is 15.5 Å². The van der Waals surface area contributed by atoms with E-state index >= 15 is 0 Å². The van der Waals surface area contributed by atoms with Crippen LogP contribution in [0.5, 0.6) is 5.75 Å². The molecule has 1 saturated heterocycles. The molecule has 0 unspecified atom stereocenters. The Kier molecular flexibility index (Phi) is 8.58. The molecular formula is C23H27Cl2N3O3. The number of piperidine rings is 1. The number of carbonyl (C=O) groups excluding carboxylic acids is 2. The lowest BCUT2D eigenvalue weighted by molar-refractivity contribution is -0.126. The number of rotatable bonds is 8. The molecule has 1 aliphatic rings. The summed E-state index contributed by atoms with van der Waals surface area (Å²) in [5.74, 6) is 0.779. The molecule has 31 heavy (non-hydrogen) atoms. The van der Waals surface area contributed by atoms with Crippen LogP contribution in [-0.2, 0) is 16.0 Å². The van der Waals surface area contributed by atoms with E-state index in [1.807, 2.05) is 24.3 Å². The van der Waals surface area contributed by atoms with Gasteiger partial charge < -0.3 is 15.4 Å². The second-order valence-electron chi connectivity index (χ2n) is 7.62. The first-order valence-corrected chi connectivity index (χ1v) is 11.1. The zero-order valence-corrected chi connectivity index (χ0v) is 19.0. The van der Waals surface area contributed by atoms with Crippen molar-refractivity contribution in [3.63, 3.8) is 0 Å². The number of methoxy groups -OCH3 is 1. The summed E-state index contributed by atoms with van der Waals surface area (Å²) in [6.45, 7) is 2.30. The van der Waals surface area contributed by atoms with E-state index in [1.165, 1.54) is 0 Å². The molecule has 166 valence electrons. The number of hydrogen-bond donors (Lipinski definition) is 2. The summed E-state index contributed by atoms with van der Waals surface area (Å²) < 4.78 is 5.23. The van der Waals surface area contributed by atoms with Crippen LogP contribution in [0.1, 0.15) is 18.4 Å². The molecule has 2 amide bonds. The van der Waals surface area contributed by atoms with Gasteiger partial charge in [-0.1, -0.05) is 35.3 Å². The van der Waals surface area contributed by atoms with Gasteiger partial charge in [-0.3, -0.25) is 14.5 Å². The number of anilines is 1. The zero-order chi connectivity index (χ0) is 22.2. The minimum Gasteiger partial charge on any atom is -0.497 e. The molecule has 1 fully saturated rings. The lowest BCUT2D eigenvalue weighted by Gasteiger charge is -2.30. The average Bonchev–Trinajstić information content (AvgIpc) is 2.77. The zero-order valence-electron chi connectivity index (χ0n) is 17.5. The first kappa shape index (κ1) is 23.4. The number of nitrogens with zero attached hydrogens (tertiary/aromatic N) is 1. The third-order valence-corrected chi connectivity index (χ3v) is 6.12. The summed E-state index contributed by atoms with van der Waals surface area (Å²) in [5.41, 5.74) is 1.74. The number of ether oxygens (including phenoxy) is 1. The van der Waals surface area contributed by atoms with Crippen molar-refractivity contribution in [1.82, 2.24) is 10.2 Å². The molecule has 1 aliphatic heterocycles. The molecule has 3 rings (SSSR count). The first-order chi connectivity index (χ1) is 14.9. The molecule has 0 radical (unpaired) electrons. The van der Waals surface area contributed by atoms with Crippen molar-refractivity contribution in [2.75, 3.05) is 38.6 Å². The Balaban J connectivity index is 1.36. The minimum absolute atomic E-state index is 0.0142. The summed E-state index contributed by atoms with van der Waals surface area (Å²) in [5, 5.41) is 6.71. The minimum atomic E-state index is -0.112. The lowest BCUT2D eigenvalue weighted by Crippen LogP contribution is -2.43. The third kappa shape index (κ3) is 7.13. The fourth-order valence-corrected chi connectivity index (χ4v) is 3.93. The van der Waals surface area contributed by atoms with Gasteiger partial charge in [0, 0.05) is 18.2 Å². The maximum absolute atomic E-state index is 12.5. The Morgan fingerprint density at radius 2 is 1.87 bits per heavy atom. The molecule has 2 aromatic carbocycles. The topological polar surface area (TPSA) is 70.7 Å². The van der Waals surface area contributed by atoms with E-state index in [0.717, 1.165) is 30.6 Å². The van der Waals surface area contributed by atoms with Gasteiger partial charge in [-0.15, -0.1) is 0 Å². The second kappa shape index (κ2) is 11.4. The highest BCUT2D eigenvalue weighted by Gasteiger charge is 2.25. The van der Waals surface area contributed by atoms with E-state index in [1.54, 1.807) is 25.3 Å². The van der Waals surface area contributed by atoms with Gasteiger partial charge in [0.25, 0.3) is 0 Å². The molecule has 8 heteroatoms. The Morgan fingerprint density at radius 1 is 1.10 bits per heavy atom. The summed E-state index contributed by atoms with van der Waals surface area (Å²) >= 11 is 11.9. The van der Waals surface area contributed by atoms with E-state index in [0.29, 0.717) is 35.4 Å². The number of carbonyl (C=O) groups is 2. The molecule has 0 aromatic heterocycles. The Labute approximate surface area is 192 Å². The van der Waals surface area contributed by atoms with Crippen LogP contribution >= 0.6 is 23.2 Å². The van der Waals surface area contributed by atoms with Crippen molar-refractivity contribution < 1.29 is 14.3 Å². The predicted molar refractivity (Wildman–Crippen MR) is 124 cm³/mol. The summed E-state index contributed by atoms with van der Waals surface area (Å²) in [4.78, 5) is 26.8. The van der Waals surface area contributed by atoms with Gasteiger partial charge in [0.05, 0.1) is 23.7 Å². The van der Waals surface area contributed by atoms with Gasteiger partial charge in [0.2, 0.25) is 11.8 Å². The summed E-state index contributed by atoms with van der Waals surface area (Å²) in [7, 11) is 1.64. The molecule has 2 N–H and O–H groups in total. The third-order valence-electron chi connectivity index (χ3n) is 5.38. The van der Waals surface area contributed by atoms with E-state index in [9.17, 15) is 9.59 Å². The van der Waals surface area contributed by atoms with E-state index < -0.39 is 0 Å². The van der Waals surface area contributed by atoms with Crippen LogP contribution in [0.25, 0.3) is 0 Å². The van der Waals surface area contributed by atoms with Crippen LogP contribution in [-0.4, -0.2) is 50.0 Å². The van der Waals surface area contributed by atoms with Crippen LogP contribution in [0.15, 0.2) is 42.5 Å². The summed E-state index contributed by atoms with van der Waals surface area (Å²) in [6, 6.07) is 12.9. The van der Waals surface area contributed by atoms with Crippen LogP contribution in [0, 0.1) is 5.92 Å². The fraction of sp³-hybridized carbons (Fsp3) is 0.391. The van der Waals surface area contributed by atoms with Crippen molar-refractivity contribution in [3.8, 4) is 5.75 Å². The van der Waals surface area contributed by atoms with E-state index in [4.69, 9.17) is 27.9 Å². The SMILES string of the molecule is COc1cccc(CCNC(=O)C2CCN(CC(=O)Nc3ccc(Cl)c(Cl)c3)CC2)c1. The van der Waals surface area contributed by atoms with Gasteiger partial charge in [0.15, 0.2) is 0 Å². The van der Waals surface area contributed by atoms with Crippen LogP contribution in [0.4, 0.5) is 5.69 Å². The second-order valence-corrected chi connectivity index (χ2v) is 8.43. The average molecular weight is 464 g/mol. The molecular weight excluding hydrogens is 437 g/mol. The predicted octanol–water partition coefficient (Wildman–Crippen LogP) is 4.01. The van der Waals surface area contributed by atoms with Crippen molar-refractivity contribution in [3.05, 3.63) is 58.1 Å². The molecule has 1 heterocycles. The molecule has 0 saturated carbocycles. The Hall–Kier alpha value is -2.28. The van der Waals surface area contributed by atoms with Crippen molar-refractivity contribution in [1.29, 1.82) is 0 Å². The molecule has 0 spiro atoms. The number of amides is 2. The van der Waals surface area contributed by atoms with Gasteiger partial charge in [-0.2, -0.15) is 0 Å². The smallest absolute Gasteiger partial charge is 0.238 e. The van der Waals surface area contributed by atoms with Crippen molar-refractivity contribution >= 4 is 40.7 Å². The number of halogens is 2. The molecule has 0 aliphatic carbocycles. The number of hydrogen-bond acceptors (Lipinski definition) is 4. The normalized spacial score (nSPS) is 14.8. The van der Waals surface area contributed by atoms with Crippen LogP contribution in [0.2, 0.25) is 10.0 Å². The monoisotopic (exact) mass is 463 g/mol. The maximum atomic E-state index is 12.5. The molecule has 0 atom stereocenters.